The average Bonchev–Trinajstić information content (AvgIpc) is 1.75. The fourth-order valence-electron chi connectivity index (χ4n) is 0.0514. The van der Waals surface area contributed by atoms with Gasteiger partial charge >= 0.3 is 0 Å². The molecule has 0 aliphatic heterocycles. The molecule has 1 unspecified atom stereocenters. The lowest BCUT2D eigenvalue weighted by molar-refractivity contribution is 0.494. The van der Waals surface area contributed by atoms with Gasteiger partial charge in [-0.3, -0.25) is 0 Å². The van der Waals surface area contributed by atoms with Gasteiger partial charge in [0, 0.05) is 0 Å². The Hall–Kier alpha value is -0.0700. The van der Waals surface area contributed by atoms with Crippen molar-refractivity contribution in [3.05, 3.63) is 6.42 Å². The van der Waals surface area contributed by atoms with Crippen molar-refractivity contribution in [1.29, 1.82) is 0 Å². The molecule has 0 amide bonds. The van der Waals surface area contributed by atoms with Gasteiger partial charge in [0.2, 0.25) is 0 Å². The van der Waals surface area contributed by atoms with Gasteiger partial charge in [0.15, 0.2) is 0 Å². The largest absolute Gasteiger partial charge is 0.247 e. The van der Waals surface area contributed by atoms with E-state index in [1.165, 1.54) is 0 Å². The molecule has 0 aromatic rings. The van der Waals surface area contributed by atoms with E-state index in [1.54, 1.807) is 6.42 Å². The van der Waals surface area contributed by atoms with E-state index in [9.17, 15) is 4.39 Å². The Morgan fingerprint density at radius 1 is 2.00 bits per heavy atom. The van der Waals surface area contributed by atoms with E-state index < -0.39 is 6.17 Å². The summed E-state index contributed by atoms with van der Waals surface area (Å²) in [7, 11) is 0. The van der Waals surface area contributed by atoms with Crippen LogP contribution >= 0.6 is 0 Å². The Morgan fingerprint density at radius 2 is 2.25 bits per heavy atom. The molecule has 23 valence electrons. The van der Waals surface area contributed by atoms with Crippen LogP contribution in [0.1, 0.15) is 6.42 Å². The van der Waals surface area contributed by atoms with E-state index in [0.717, 1.165) is 0 Å². The van der Waals surface area contributed by atoms with Crippen LogP contribution in [-0.2, 0) is 0 Å². The zero-order valence-electron chi connectivity index (χ0n) is 2.24. The fraction of sp³-hybridized carbons (Fsp3) is 0.667. The van der Waals surface area contributed by atoms with E-state index in [1.807, 2.05) is 0 Å². The Balaban J connectivity index is 2.17. The smallest absolute Gasteiger partial charge is 0.104 e. The normalized spacial score (nSPS) is 26.2. The monoisotopic (exact) mass is 59.0 g/mol. The molecule has 0 aromatic carbocycles. The maximum absolute atomic E-state index is 11.1. The lowest BCUT2D eigenvalue weighted by Gasteiger charge is -1.50. The lowest BCUT2D eigenvalue weighted by atomic mass is 10.9. The summed E-state index contributed by atoms with van der Waals surface area (Å²) in [6, 6.07) is 0. The summed E-state index contributed by atoms with van der Waals surface area (Å²) in [6.45, 7) is 0. The predicted molar refractivity (Wildman–Crippen MR) is 13.8 cm³/mol. The summed E-state index contributed by atoms with van der Waals surface area (Å²) in [6.07, 6.45) is 1.78. The van der Waals surface area contributed by atoms with Gasteiger partial charge in [-0.2, -0.15) is 0 Å². The molecular weight excluding hydrogens is 55.0 g/mol. The highest BCUT2D eigenvalue weighted by Crippen LogP contribution is 2.20. The molecule has 0 aromatic heterocycles. The van der Waals surface area contributed by atoms with Crippen LogP contribution in [0.25, 0.3) is 0 Å². The van der Waals surface area contributed by atoms with E-state index >= 15 is 0 Å². The summed E-state index contributed by atoms with van der Waals surface area (Å²) in [4.78, 5) is 0. The number of rotatable bonds is 0. The molecule has 1 saturated carbocycles. The molecule has 1 heteroatoms. The summed E-state index contributed by atoms with van der Waals surface area (Å²) >= 11 is 0. The van der Waals surface area contributed by atoms with Crippen molar-refractivity contribution in [1.82, 2.24) is 0 Å². The van der Waals surface area contributed by atoms with Gasteiger partial charge in [-0.15, -0.1) is 0 Å². The van der Waals surface area contributed by atoms with E-state index in [2.05, 4.69) is 0 Å². The molecule has 0 bridgehead atoms. The van der Waals surface area contributed by atoms with E-state index in [-0.39, 0.29) is 0 Å². The molecule has 0 nitrogen and oxygen atoms in total. The van der Waals surface area contributed by atoms with E-state index in [0.29, 0.717) is 6.42 Å². The SMILES string of the molecule is FC1[CH]C1. The second-order valence-electron chi connectivity index (χ2n) is 0.987. The lowest BCUT2D eigenvalue weighted by Crippen LogP contribution is -1.49. The Morgan fingerprint density at radius 3 is 2.25 bits per heavy atom. The summed E-state index contributed by atoms with van der Waals surface area (Å²) in [5.41, 5.74) is 0. The van der Waals surface area contributed by atoms with Crippen molar-refractivity contribution >= 4 is 0 Å². The highest BCUT2D eigenvalue weighted by atomic mass is 19.1. The molecule has 1 radical (unpaired) electrons. The Kier molecular flexibility index (Phi) is 0.245. The minimum absolute atomic E-state index is 0.542. The zero-order valence-corrected chi connectivity index (χ0v) is 2.24. The van der Waals surface area contributed by atoms with Crippen LogP contribution in [0.5, 0.6) is 0 Å². The van der Waals surface area contributed by atoms with Crippen molar-refractivity contribution in [2.45, 2.75) is 12.6 Å². The van der Waals surface area contributed by atoms with Crippen molar-refractivity contribution < 1.29 is 4.39 Å². The second kappa shape index (κ2) is 0.449. The van der Waals surface area contributed by atoms with Gasteiger partial charge in [0.1, 0.15) is 6.17 Å². The third kappa shape index (κ3) is 0.194. The molecule has 1 fully saturated rings. The molecule has 0 saturated heterocycles. The van der Waals surface area contributed by atoms with Crippen molar-refractivity contribution in [3.63, 3.8) is 0 Å². The van der Waals surface area contributed by atoms with Crippen LogP contribution in [-0.4, -0.2) is 6.17 Å². The first kappa shape index (κ1) is 2.18. The minimum atomic E-state index is -0.542. The van der Waals surface area contributed by atoms with Gasteiger partial charge < -0.3 is 0 Å². The molecule has 1 aliphatic rings. The molecule has 0 spiro atoms. The maximum Gasteiger partial charge on any atom is 0.104 e. The number of hydrogen-bond donors (Lipinski definition) is 0. The van der Waals surface area contributed by atoms with Crippen LogP contribution < -0.4 is 0 Å². The van der Waals surface area contributed by atoms with Gasteiger partial charge in [0.25, 0.3) is 0 Å². The predicted octanol–water partition coefficient (Wildman–Crippen LogP) is 0.932. The van der Waals surface area contributed by atoms with Crippen LogP contribution in [0.3, 0.4) is 0 Å². The van der Waals surface area contributed by atoms with E-state index in [4.69, 9.17) is 0 Å². The molecular formula is C3H4F. The molecule has 4 heavy (non-hydrogen) atoms. The maximum atomic E-state index is 11.1. The summed E-state index contributed by atoms with van der Waals surface area (Å²) in [5, 5.41) is 0. The number of alkyl halides is 1. The standard InChI is InChI=1S/C3H4F/c4-3-1-2-3/h1,3H,2H2. The fourth-order valence-corrected chi connectivity index (χ4v) is 0.0514. The van der Waals surface area contributed by atoms with Gasteiger partial charge in [-0.25, -0.2) is 4.39 Å². The van der Waals surface area contributed by atoms with Crippen molar-refractivity contribution in [3.8, 4) is 0 Å². The average molecular weight is 59.1 g/mol. The van der Waals surface area contributed by atoms with Gasteiger partial charge in [-0.05, 0) is 12.8 Å². The van der Waals surface area contributed by atoms with Crippen molar-refractivity contribution in [2.75, 3.05) is 0 Å². The third-order valence-electron chi connectivity index (χ3n) is 0.414. The Labute approximate surface area is 24.6 Å². The molecule has 1 rings (SSSR count). The Bertz CT molecular complexity index is 22.5. The highest BCUT2D eigenvalue weighted by Gasteiger charge is 2.19. The molecule has 1 aliphatic carbocycles. The zero-order chi connectivity index (χ0) is 2.99. The third-order valence-corrected chi connectivity index (χ3v) is 0.414. The van der Waals surface area contributed by atoms with Gasteiger partial charge in [0.05, 0.1) is 0 Å². The summed E-state index contributed by atoms with van der Waals surface area (Å²) in [5.74, 6) is 0. The second-order valence-corrected chi connectivity index (χ2v) is 0.987. The molecule has 0 heterocycles. The molecule has 1 atom stereocenters. The number of hydrogen-bond acceptors (Lipinski definition) is 0. The van der Waals surface area contributed by atoms with Crippen molar-refractivity contribution in [2.24, 2.45) is 0 Å². The summed E-state index contributed by atoms with van der Waals surface area (Å²) < 4.78 is 11.1. The van der Waals surface area contributed by atoms with Crippen LogP contribution in [0.2, 0.25) is 0 Å². The minimum Gasteiger partial charge on any atom is -0.247 e. The molecule has 0 N–H and O–H groups in total. The first-order chi connectivity index (χ1) is 1.89. The number of halogens is 1. The van der Waals surface area contributed by atoms with Gasteiger partial charge in [-0.1, -0.05) is 0 Å². The quantitative estimate of drug-likeness (QED) is 0.389. The first-order valence-electron chi connectivity index (χ1n) is 1.37. The van der Waals surface area contributed by atoms with Crippen LogP contribution in [0, 0.1) is 6.42 Å². The first-order valence-corrected chi connectivity index (χ1v) is 1.37. The topological polar surface area (TPSA) is 0 Å². The van der Waals surface area contributed by atoms with Crippen LogP contribution in [0.15, 0.2) is 0 Å². The highest BCUT2D eigenvalue weighted by molar-refractivity contribution is 4.94. The van der Waals surface area contributed by atoms with Crippen LogP contribution in [0.4, 0.5) is 4.39 Å².